The van der Waals surface area contributed by atoms with E-state index in [2.05, 4.69) is 15.4 Å². The van der Waals surface area contributed by atoms with Gasteiger partial charge in [0.05, 0.1) is 15.9 Å². The maximum absolute atomic E-state index is 12.7. The van der Waals surface area contributed by atoms with Crippen LogP contribution in [-0.2, 0) is 0 Å². The minimum Gasteiger partial charge on any atom is -0.296 e. The number of amides is 1. The highest BCUT2D eigenvalue weighted by Crippen LogP contribution is 2.29. The van der Waals surface area contributed by atoms with Crippen molar-refractivity contribution in [3.05, 3.63) is 81.3 Å². The third-order valence-corrected chi connectivity index (χ3v) is 5.26. The van der Waals surface area contributed by atoms with E-state index >= 15 is 0 Å². The summed E-state index contributed by atoms with van der Waals surface area (Å²) in [7, 11) is 0. The zero-order valence-corrected chi connectivity index (χ0v) is 16.5. The lowest BCUT2D eigenvalue weighted by Gasteiger charge is -2.07. The van der Waals surface area contributed by atoms with Gasteiger partial charge in [0.2, 0.25) is 5.43 Å². The summed E-state index contributed by atoms with van der Waals surface area (Å²) < 4.78 is 2.51. The molecule has 0 saturated heterocycles. The Morgan fingerprint density at radius 3 is 2.68 bits per heavy atom. The van der Waals surface area contributed by atoms with E-state index in [1.807, 2.05) is 57.2 Å². The number of aryl methyl sites for hydroxylation is 3. The van der Waals surface area contributed by atoms with Crippen LogP contribution in [0.4, 0.5) is 5.13 Å². The summed E-state index contributed by atoms with van der Waals surface area (Å²) in [6, 6.07) is 13.1. The van der Waals surface area contributed by atoms with Crippen molar-refractivity contribution in [3.63, 3.8) is 0 Å². The van der Waals surface area contributed by atoms with E-state index in [1.54, 1.807) is 6.20 Å². The van der Waals surface area contributed by atoms with Gasteiger partial charge >= 0.3 is 0 Å². The first kappa shape index (κ1) is 18.1. The summed E-state index contributed by atoms with van der Waals surface area (Å²) in [6.07, 6.45) is 1.55. The minimum absolute atomic E-state index is 0.170. The largest absolute Gasteiger partial charge is 0.296 e. The molecule has 0 unspecified atom stereocenters. The van der Waals surface area contributed by atoms with Gasteiger partial charge in [-0.25, -0.2) is 9.67 Å². The van der Waals surface area contributed by atoms with E-state index in [0.29, 0.717) is 5.13 Å². The SMILES string of the molecule is Cc1cccc(-n2ccc(=O)c(C(=O)Nc3nc4c(C)cc(C)cc4s3)n2)c1. The van der Waals surface area contributed by atoms with Gasteiger partial charge in [0, 0.05) is 12.3 Å². The predicted molar refractivity (Wildman–Crippen MR) is 112 cm³/mol. The second kappa shape index (κ2) is 7.01. The second-order valence-corrected chi connectivity index (χ2v) is 7.74. The van der Waals surface area contributed by atoms with Gasteiger partial charge in [0.1, 0.15) is 0 Å². The van der Waals surface area contributed by atoms with E-state index < -0.39 is 11.3 Å². The summed E-state index contributed by atoms with van der Waals surface area (Å²) in [5.74, 6) is -0.569. The van der Waals surface area contributed by atoms with E-state index in [4.69, 9.17) is 0 Å². The number of thiazole rings is 1. The van der Waals surface area contributed by atoms with Crippen LogP contribution in [0.15, 0.2) is 53.5 Å². The molecule has 4 aromatic rings. The number of hydrogen-bond donors (Lipinski definition) is 1. The second-order valence-electron chi connectivity index (χ2n) is 6.71. The first-order valence-corrected chi connectivity index (χ1v) is 9.58. The molecule has 4 rings (SSSR count). The molecule has 0 bridgehead atoms. The van der Waals surface area contributed by atoms with Crippen molar-refractivity contribution in [2.75, 3.05) is 5.32 Å². The van der Waals surface area contributed by atoms with Gasteiger partial charge in [-0.15, -0.1) is 0 Å². The fourth-order valence-corrected chi connectivity index (χ4v) is 4.10. The molecule has 0 fully saturated rings. The topological polar surface area (TPSA) is 76.9 Å². The smallest absolute Gasteiger partial charge is 0.281 e. The Labute approximate surface area is 165 Å². The Kier molecular flexibility index (Phi) is 4.52. The van der Waals surface area contributed by atoms with Crippen LogP contribution in [0.5, 0.6) is 0 Å². The molecule has 1 N–H and O–H groups in total. The number of aromatic nitrogens is 3. The maximum atomic E-state index is 12.7. The highest BCUT2D eigenvalue weighted by molar-refractivity contribution is 7.22. The van der Waals surface area contributed by atoms with Crippen molar-refractivity contribution < 1.29 is 4.79 Å². The predicted octanol–water partition coefficient (Wildman–Crippen LogP) is 4.02. The first-order chi connectivity index (χ1) is 13.4. The van der Waals surface area contributed by atoms with Crippen molar-refractivity contribution in [2.45, 2.75) is 20.8 Å². The van der Waals surface area contributed by atoms with E-state index in [1.165, 1.54) is 22.1 Å². The number of nitrogens with zero attached hydrogens (tertiary/aromatic N) is 3. The molecule has 6 nitrogen and oxygen atoms in total. The van der Waals surface area contributed by atoms with Crippen LogP contribution in [0.25, 0.3) is 15.9 Å². The van der Waals surface area contributed by atoms with Gasteiger partial charge in [0.15, 0.2) is 10.8 Å². The molecule has 2 heterocycles. The molecule has 0 spiro atoms. The number of fused-ring (bicyclic) bond motifs is 1. The minimum atomic E-state index is -0.569. The van der Waals surface area contributed by atoms with E-state index in [-0.39, 0.29) is 5.69 Å². The summed E-state index contributed by atoms with van der Waals surface area (Å²) in [5, 5.41) is 7.40. The van der Waals surface area contributed by atoms with Crippen LogP contribution in [0, 0.1) is 20.8 Å². The van der Waals surface area contributed by atoms with Crippen molar-refractivity contribution in [3.8, 4) is 5.69 Å². The molecule has 2 aromatic heterocycles. The van der Waals surface area contributed by atoms with Crippen molar-refractivity contribution in [1.82, 2.24) is 14.8 Å². The standard InChI is InChI=1S/C21H18N4O2S/c1-12-5-4-6-15(10-12)25-8-7-16(26)19(24-25)20(27)23-21-22-18-14(3)9-13(2)11-17(18)28-21/h4-11H,1-3H3,(H,22,23,27). The van der Waals surface area contributed by atoms with Crippen LogP contribution in [0.1, 0.15) is 27.2 Å². The number of nitrogens with one attached hydrogen (secondary N) is 1. The average Bonchev–Trinajstić information content (AvgIpc) is 3.04. The molecule has 0 aliphatic heterocycles. The van der Waals surface area contributed by atoms with E-state index in [0.717, 1.165) is 32.6 Å². The number of carbonyl (C=O) groups is 1. The van der Waals surface area contributed by atoms with Gasteiger partial charge in [-0.2, -0.15) is 5.10 Å². The lowest BCUT2D eigenvalue weighted by atomic mass is 10.1. The lowest BCUT2D eigenvalue weighted by Crippen LogP contribution is -2.25. The number of benzene rings is 2. The number of rotatable bonds is 3. The van der Waals surface area contributed by atoms with Crippen LogP contribution in [0.2, 0.25) is 0 Å². The molecule has 0 aliphatic rings. The molecular formula is C21H18N4O2S. The quantitative estimate of drug-likeness (QED) is 0.573. The molecule has 0 aliphatic carbocycles. The fraction of sp³-hybridized carbons (Fsp3) is 0.143. The third kappa shape index (κ3) is 3.44. The van der Waals surface area contributed by atoms with Gasteiger partial charge in [-0.3, -0.25) is 14.9 Å². The van der Waals surface area contributed by atoms with Gasteiger partial charge in [0.25, 0.3) is 5.91 Å². The van der Waals surface area contributed by atoms with Crippen LogP contribution >= 0.6 is 11.3 Å². The van der Waals surface area contributed by atoms with Gasteiger partial charge < -0.3 is 0 Å². The molecule has 0 saturated carbocycles. The van der Waals surface area contributed by atoms with Gasteiger partial charge in [-0.1, -0.05) is 29.5 Å². The maximum Gasteiger partial charge on any atom is 0.281 e. The molecule has 28 heavy (non-hydrogen) atoms. The van der Waals surface area contributed by atoms with Crippen LogP contribution < -0.4 is 10.7 Å². The molecule has 1 amide bonds. The van der Waals surface area contributed by atoms with E-state index in [9.17, 15) is 9.59 Å². The zero-order valence-electron chi connectivity index (χ0n) is 15.7. The molecule has 7 heteroatoms. The summed E-state index contributed by atoms with van der Waals surface area (Å²) >= 11 is 1.38. The Hall–Kier alpha value is -3.32. The highest BCUT2D eigenvalue weighted by Gasteiger charge is 2.16. The van der Waals surface area contributed by atoms with Crippen molar-refractivity contribution in [2.24, 2.45) is 0 Å². The number of hydrogen-bond acceptors (Lipinski definition) is 5. The fourth-order valence-electron chi connectivity index (χ4n) is 3.06. The Bertz CT molecular complexity index is 1270. The third-order valence-electron chi connectivity index (χ3n) is 4.34. The van der Waals surface area contributed by atoms with Crippen molar-refractivity contribution in [1.29, 1.82) is 0 Å². The lowest BCUT2D eigenvalue weighted by molar-refractivity contribution is 0.101. The zero-order chi connectivity index (χ0) is 19.8. The molecule has 0 atom stereocenters. The Morgan fingerprint density at radius 2 is 1.89 bits per heavy atom. The highest BCUT2D eigenvalue weighted by atomic mass is 32.1. The summed E-state index contributed by atoms with van der Waals surface area (Å²) in [6.45, 7) is 5.97. The average molecular weight is 390 g/mol. The number of carbonyl (C=O) groups excluding carboxylic acids is 1. The number of anilines is 1. The molecule has 0 radical (unpaired) electrons. The van der Waals surface area contributed by atoms with Crippen molar-refractivity contribution >= 4 is 32.6 Å². The normalized spacial score (nSPS) is 11.0. The molecule has 140 valence electrons. The van der Waals surface area contributed by atoms with Crippen LogP contribution in [-0.4, -0.2) is 20.7 Å². The molecule has 2 aromatic carbocycles. The Morgan fingerprint density at radius 1 is 1.07 bits per heavy atom. The Balaban J connectivity index is 1.67. The first-order valence-electron chi connectivity index (χ1n) is 8.77. The van der Waals surface area contributed by atoms with Crippen LogP contribution in [0.3, 0.4) is 0 Å². The summed E-state index contributed by atoms with van der Waals surface area (Å²) in [5.41, 5.74) is 4.27. The molecular weight excluding hydrogens is 372 g/mol. The van der Waals surface area contributed by atoms with Gasteiger partial charge in [-0.05, 0) is 55.7 Å². The monoisotopic (exact) mass is 390 g/mol. The summed E-state index contributed by atoms with van der Waals surface area (Å²) in [4.78, 5) is 29.4.